The molecule has 0 aromatic rings. The van der Waals surface area contributed by atoms with Gasteiger partial charge in [-0.05, 0) is 12.8 Å². The predicted molar refractivity (Wildman–Crippen MR) is 68.9 cm³/mol. The SMILES string of the molecule is [2H]C([2H])([2H])C([2H])([2H])[C@H](NC(=O)CC[C@H](C)C(=O)O)C(=O)NCC(=O)O. The van der Waals surface area contributed by atoms with Gasteiger partial charge in [0, 0.05) is 13.3 Å². The van der Waals surface area contributed by atoms with Gasteiger partial charge in [-0.15, -0.1) is 0 Å². The van der Waals surface area contributed by atoms with Gasteiger partial charge < -0.3 is 20.8 Å². The minimum Gasteiger partial charge on any atom is -0.481 e. The largest absolute Gasteiger partial charge is 0.481 e. The number of carboxylic acids is 2. The summed E-state index contributed by atoms with van der Waals surface area (Å²) in [7, 11) is 0. The lowest BCUT2D eigenvalue weighted by molar-refractivity contribution is -0.141. The molecule has 8 nitrogen and oxygen atoms in total. The van der Waals surface area contributed by atoms with Crippen LogP contribution in [0.3, 0.4) is 0 Å². The molecule has 0 aliphatic rings. The summed E-state index contributed by atoms with van der Waals surface area (Å²) < 4.78 is 36.8. The van der Waals surface area contributed by atoms with Crippen molar-refractivity contribution < 1.29 is 36.2 Å². The van der Waals surface area contributed by atoms with Crippen LogP contribution in [0.15, 0.2) is 0 Å². The average molecular weight is 293 g/mol. The fraction of sp³-hybridized carbons (Fsp3) is 0.667. The molecule has 0 aliphatic carbocycles. The Morgan fingerprint density at radius 2 is 1.95 bits per heavy atom. The Morgan fingerprint density at radius 3 is 2.45 bits per heavy atom. The number of rotatable bonds is 9. The van der Waals surface area contributed by atoms with Gasteiger partial charge in [0.2, 0.25) is 11.8 Å². The van der Waals surface area contributed by atoms with Crippen LogP contribution in [-0.4, -0.2) is 46.6 Å². The number of aliphatic carboxylic acids is 2. The van der Waals surface area contributed by atoms with Crippen molar-refractivity contribution >= 4 is 23.8 Å². The van der Waals surface area contributed by atoms with Crippen molar-refractivity contribution in [3.8, 4) is 0 Å². The highest BCUT2D eigenvalue weighted by Crippen LogP contribution is 2.05. The van der Waals surface area contributed by atoms with Gasteiger partial charge >= 0.3 is 11.9 Å². The lowest BCUT2D eigenvalue weighted by Crippen LogP contribution is -2.47. The summed E-state index contributed by atoms with van der Waals surface area (Å²) >= 11 is 0. The van der Waals surface area contributed by atoms with Crippen molar-refractivity contribution in [2.75, 3.05) is 6.54 Å². The van der Waals surface area contributed by atoms with E-state index in [1.165, 1.54) is 6.92 Å². The summed E-state index contributed by atoms with van der Waals surface area (Å²) in [6, 6.07) is -2.17. The second-order valence-electron chi connectivity index (χ2n) is 4.03. The first-order valence-electron chi connectivity index (χ1n) is 8.21. The van der Waals surface area contributed by atoms with Crippen LogP contribution in [0.25, 0.3) is 0 Å². The van der Waals surface area contributed by atoms with Gasteiger partial charge in [0.15, 0.2) is 0 Å². The first kappa shape index (κ1) is 10.6. The standard InChI is InChI=1S/C12H20N2O6/c1-3-8(11(18)13-6-10(16)17)14-9(15)5-4-7(2)12(19)20/h7-8H,3-6H2,1-2H3,(H,13,18)(H,14,15)(H,16,17)(H,19,20)/t7-,8-/m0/s1/i1D3,3D2. The van der Waals surface area contributed by atoms with Gasteiger partial charge in [0.25, 0.3) is 0 Å². The van der Waals surface area contributed by atoms with Crippen LogP contribution in [0.4, 0.5) is 0 Å². The summed E-state index contributed by atoms with van der Waals surface area (Å²) in [6.45, 7) is -2.83. The van der Waals surface area contributed by atoms with Crippen molar-refractivity contribution in [1.82, 2.24) is 10.6 Å². The van der Waals surface area contributed by atoms with Crippen LogP contribution in [0.1, 0.15) is 39.8 Å². The van der Waals surface area contributed by atoms with Gasteiger partial charge in [0.05, 0.1) is 5.92 Å². The lowest BCUT2D eigenvalue weighted by atomic mass is 10.1. The van der Waals surface area contributed by atoms with E-state index in [2.05, 4.69) is 0 Å². The second-order valence-corrected chi connectivity index (χ2v) is 4.03. The Bertz CT molecular complexity index is 537. The minimum atomic E-state index is -3.28. The van der Waals surface area contributed by atoms with Crippen LogP contribution in [0.2, 0.25) is 0 Å². The lowest BCUT2D eigenvalue weighted by Gasteiger charge is -2.16. The molecule has 20 heavy (non-hydrogen) atoms. The molecule has 0 rings (SSSR count). The average Bonchev–Trinajstić information content (AvgIpc) is 2.46. The number of amides is 2. The van der Waals surface area contributed by atoms with Crippen molar-refractivity contribution in [3.05, 3.63) is 0 Å². The topological polar surface area (TPSA) is 133 Å². The molecular formula is C12H20N2O6. The number of carbonyl (C=O) groups is 4. The maximum absolute atomic E-state index is 11.9. The molecule has 0 aliphatic heterocycles. The molecule has 0 fully saturated rings. The molecule has 4 N–H and O–H groups in total. The van der Waals surface area contributed by atoms with Gasteiger partial charge in [-0.25, -0.2) is 0 Å². The quantitative estimate of drug-likeness (QED) is 0.456. The summed E-state index contributed by atoms with van der Waals surface area (Å²) in [5, 5.41) is 21.0. The van der Waals surface area contributed by atoms with Crippen LogP contribution < -0.4 is 10.6 Å². The summed E-state index contributed by atoms with van der Waals surface area (Å²) in [5.41, 5.74) is 0. The molecule has 0 aromatic heterocycles. The zero-order valence-electron chi connectivity index (χ0n) is 15.8. The van der Waals surface area contributed by atoms with Gasteiger partial charge in [-0.2, -0.15) is 0 Å². The maximum Gasteiger partial charge on any atom is 0.322 e. The third kappa shape index (κ3) is 7.34. The Kier molecular flexibility index (Phi) is 4.73. The van der Waals surface area contributed by atoms with E-state index < -0.39 is 55.5 Å². The van der Waals surface area contributed by atoms with Gasteiger partial charge in [0.1, 0.15) is 12.6 Å². The molecule has 0 aromatic carbocycles. The van der Waals surface area contributed by atoms with Crippen LogP contribution in [0, 0.1) is 5.92 Å². The van der Waals surface area contributed by atoms with Gasteiger partial charge in [-0.3, -0.25) is 19.2 Å². The molecule has 114 valence electrons. The van der Waals surface area contributed by atoms with E-state index >= 15 is 0 Å². The summed E-state index contributed by atoms with van der Waals surface area (Å²) in [4.78, 5) is 45.0. The molecule has 0 saturated heterocycles. The molecular weight excluding hydrogens is 268 g/mol. The molecule has 0 unspecified atom stereocenters. The van der Waals surface area contributed by atoms with E-state index in [4.69, 9.17) is 17.1 Å². The summed E-state index contributed by atoms with van der Waals surface area (Å²) in [6.07, 6.45) is -3.67. The predicted octanol–water partition coefficient (Wildman–Crippen LogP) is -0.417. The fourth-order valence-corrected chi connectivity index (χ4v) is 1.14. The van der Waals surface area contributed by atoms with Crippen molar-refractivity contribution in [1.29, 1.82) is 0 Å². The molecule has 2 atom stereocenters. The molecule has 0 bridgehead atoms. The van der Waals surface area contributed by atoms with Crippen molar-refractivity contribution in [3.63, 3.8) is 0 Å². The number of nitrogens with one attached hydrogen (secondary N) is 2. The molecule has 0 heterocycles. The zero-order valence-corrected chi connectivity index (χ0v) is 10.8. The molecule has 0 radical (unpaired) electrons. The van der Waals surface area contributed by atoms with E-state index in [0.717, 1.165) is 0 Å². The number of carboxylic acid groups (broad SMARTS) is 2. The smallest absolute Gasteiger partial charge is 0.322 e. The maximum atomic E-state index is 11.9. The third-order valence-electron chi connectivity index (χ3n) is 2.35. The van der Waals surface area contributed by atoms with Crippen LogP contribution in [-0.2, 0) is 19.2 Å². The van der Waals surface area contributed by atoms with E-state index in [1.54, 1.807) is 0 Å². The highest BCUT2D eigenvalue weighted by atomic mass is 16.4. The van der Waals surface area contributed by atoms with Crippen molar-refractivity contribution in [2.24, 2.45) is 5.92 Å². The van der Waals surface area contributed by atoms with Crippen LogP contribution >= 0.6 is 0 Å². The first-order valence-corrected chi connectivity index (χ1v) is 5.71. The Morgan fingerprint density at radius 1 is 1.30 bits per heavy atom. The third-order valence-corrected chi connectivity index (χ3v) is 2.35. The highest BCUT2D eigenvalue weighted by Gasteiger charge is 2.20. The van der Waals surface area contributed by atoms with Gasteiger partial charge in [-0.1, -0.05) is 13.8 Å². The van der Waals surface area contributed by atoms with Crippen LogP contribution in [0.5, 0.6) is 0 Å². The Hall–Kier alpha value is -2.12. The molecule has 0 spiro atoms. The monoisotopic (exact) mass is 293 g/mol. The number of carbonyl (C=O) groups excluding carboxylic acids is 2. The fourth-order valence-electron chi connectivity index (χ4n) is 1.14. The normalized spacial score (nSPS) is 18.1. The minimum absolute atomic E-state index is 0.110. The second kappa shape index (κ2) is 8.89. The van der Waals surface area contributed by atoms with E-state index in [-0.39, 0.29) is 12.8 Å². The molecule has 8 heteroatoms. The Labute approximate surface area is 123 Å². The molecule has 0 saturated carbocycles. The Balaban J connectivity index is 5.20. The van der Waals surface area contributed by atoms with E-state index in [1.807, 2.05) is 10.6 Å². The van der Waals surface area contributed by atoms with E-state index in [9.17, 15) is 19.2 Å². The van der Waals surface area contributed by atoms with E-state index in [0.29, 0.717) is 0 Å². The molecule has 2 amide bonds. The first-order chi connectivity index (χ1) is 11.2. The number of hydrogen-bond donors (Lipinski definition) is 4. The zero-order chi connectivity index (χ0) is 20.0. The number of hydrogen-bond acceptors (Lipinski definition) is 4. The summed E-state index contributed by atoms with van der Waals surface area (Å²) in [5.74, 6) is -5.71. The highest BCUT2D eigenvalue weighted by molar-refractivity contribution is 5.89. The van der Waals surface area contributed by atoms with Crippen molar-refractivity contribution in [2.45, 2.75) is 39.0 Å².